The quantitative estimate of drug-likeness (QED) is 0.349. The molecule has 0 aromatic carbocycles. The monoisotopic (exact) mass is 406 g/mol. The fourth-order valence-corrected chi connectivity index (χ4v) is 3.48. The van der Waals surface area contributed by atoms with E-state index in [2.05, 4.69) is 23.7 Å². The van der Waals surface area contributed by atoms with Gasteiger partial charge in [0, 0.05) is 36.5 Å². The zero-order valence-electron chi connectivity index (χ0n) is 15.6. The van der Waals surface area contributed by atoms with Crippen LogP contribution in [-0.4, -0.2) is 46.3 Å². The molecule has 3 N–H and O–H groups in total. The molecule has 0 spiro atoms. The molecule has 1 amide bonds. The minimum atomic E-state index is -3.83. The molecule has 0 saturated heterocycles. The van der Waals surface area contributed by atoms with Gasteiger partial charge in [-0.05, 0) is 44.1 Å². The first-order valence-corrected chi connectivity index (χ1v) is 10.5. The minimum Gasteiger partial charge on any atom is -0.393 e. The molecule has 1 fully saturated rings. The van der Waals surface area contributed by atoms with Crippen molar-refractivity contribution in [3.63, 3.8) is 0 Å². The summed E-state index contributed by atoms with van der Waals surface area (Å²) >= 11 is 0. The molecule has 28 heavy (non-hydrogen) atoms. The molecule has 1 aliphatic rings. The maximum Gasteiger partial charge on any atom is 0.264 e. The molecule has 8 nitrogen and oxygen atoms in total. The third kappa shape index (κ3) is 5.02. The lowest BCUT2D eigenvalue weighted by Crippen LogP contribution is -2.49. The molecule has 1 aromatic heterocycles. The number of aromatic nitrogens is 1. The molecule has 1 aliphatic carbocycles. The molecule has 1 atom stereocenters. The number of nitrogens with zero attached hydrogens (tertiary/aromatic N) is 1. The number of hydrogen-bond donors (Lipinski definition) is 3. The number of sulfone groups is 1. The van der Waals surface area contributed by atoms with Crippen LogP contribution in [0, 0.1) is 29.6 Å². The molecule has 9 heteroatoms. The Kier molecular flexibility index (Phi) is 6.68. The highest BCUT2D eigenvalue weighted by Gasteiger charge is 2.43. The molecular weight excluding hydrogens is 384 g/mol. The molecule has 150 valence electrons. The van der Waals surface area contributed by atoms with Gasteiger partial charge < -0.3 is 9.67 Å². The molecule has 1 unspecified atom stereocenters. The van der Waals surface area contributed by atoms with Gasteiger partial charge in [-0.3, -0.25) is 14.8 Å². The van der Waals surface area contributed by atoms with Crippen molar-refractivity contribution in [2.75, 3.05) is 6.26 Å². The molecule has 0 aliphatic heterocycles. The number of carbonyl (C=O) groups excluding carboxylic acids is 1. The van der Waals surface area contributed by atoms with Gasteiger partial charge in [0.15, 0.2) is 14.6 Å². The van der Waals surface area contributed by atoms with Crippen molar-refractivity contribution < 1.29 is 23.5 Å². The van der Waals surface area contributed by atoms with Crippen molar-refractivity contribution in [3.8, 4) is 23.7 Å². The van der Waals surface area contributed by atoms with E-state index in [9.17, 15) is 23.1 Å². The Morgan fingerprint density at radius 1 is 1.39 bits per heavy atom. The summed E-state index contributed by atoms with van der Waals surface area (Å²) in [6, 6.07) is 2.89. The average Bonchev–Trinajstić information content (AvgIpc) is 2.60. The zero-order chi connectivity index (χ0) is 20.9. The fraction of sp³-hybridized carbons (Fsp3) is 0.474. The van der Waals surface area contributed by atoms with Gasteiger partial charge in [-0.25, -0.2) is 13.9 Å². The van der Waals surface area contributed by atoms with Crippen LogP contribution in [0.2, 0.25) is 0 Å². The second kappa shape index (κ2) is 8.61. The maximum atomic E-state index is 12.2. The van der Waals surface area contributed by atoms with Crippen molar-refractivity contribution in [1.82, 2.24) is 10.0 Å². The number of aliphatic hydroxyl groups is 1. The number of carbonyl (C=O) groups is 1. The molecular formula is C19H22N2O6S. The summed E-state index contributed by atoms with van der Waals surface area (Å²) in [5.74, 6) is 10.2. The van der Waals surface area contributed by atoms with Gasteiger partial charge in [0.25, 0.3) is 11.5 Å². The standard InChI is InChI=1S/C19H22N2O6S/c1-19(18(24)20-25,28(2,26)27)8-10-21-9-7-14(13-17(21)23)5-3-4-6-15-11-16(22)12-15/h7,9,13,15-16,22,25H,8,10-12H2,1-2H3,(H,20,24). The van der Waals surface area contributed by atoms with Gasteiger partial charge in [0.1, 0.15) is 0 Å². The Labute approximate surface area is 163 Å². The Morgan fingerprint density at radius 2 is 2.07 bits per heavy atom. The number of nitrogens with one attached hydrogen (secondary N) is 1. The van der Waals surface area contributed by atoms with Crippen LogP contribution in [0.15, 0.2) is 23.1 Å². The number of hydroxylamine groups is 1. The van der Waals surface area contributed by atoms with E-state index in [0.29, 0.717) is 18.4 Å². The number of hydrogen-bond acceptors (Lipinski definition) is 6. The summed E-state index contributed by atoms with van der Waals surface area (Å²) in [5, 5.41) is 18.0. The van der Waals surface area contributed by atoms with Crippen LogP contribution >= 0.6 is 0 Å². The van der Waals surface area contributed by atoms with E-state index < -0.39 is 26.1 Å². The van der Waals surface area contributed by atoms with Crippen LogP contribution < -0.4 is 11.0 Å². The molecule has 0 radical (unpaired) electrons. The first kappa shape index (κ1) is 21.7. The van der Waals surface area contributed by atoms with Gasteiger partial charge in [0.05, 0.1) is 6.10 Å². The normalized spacial score (nSPS) is 20.4. The van der Waals surface area contributed by atoms with E-state index >= 15 is 0 Å². The largest absolute Gasteiger partial charge is 0.393 e. The first-order valence-electron chi connectivity index (χ1n) is 8.61. The number of aliphatic hydroxyl groups excluding tert-OH is 1. The highest BCUT2D eigenvalue weighted by Crippen LogP contribution is 2.25. The molecule has 2 rings (SSSR count). The highest BCUT2D eigenvalue weighted by molar-refractivity contribution is 7.92. The molecule has 1 heterocycles. The van der Waals surface area contributed by atoms with Gasteiger partial charge in [-0.1, -0.05) is 11.8 Å². The number of aryl methyl sites for hydroxylation is 1. The van der Waals surface area contributed by atoms with Crippen molar-refractivity contribution in [2.24, 2.45) is 5.92 Å². The number of pyridine rings is 1. The predicted molar refractivity (Wildman–Crippen MR) is 102 cm³/mol. The van der Waals surface area contributed by atoms with Crippen LogP contribution in [0.5, 0.6) is 0 Å². The van der Waals surface area contributed by atoms with Crippen molar-refractivity contribution in [2.45, 2.75) is 43.6 Å². The van der Waals surface area contributed by atoms with Crippen LogP contribution in [0.4, 0.5) is 0 Å². The topological polar surface area (TPSA) is 126 Å². The third-order valence-corrected chi connectivity index (χ3v) is 6.91. The Morgan fingerprint density at radius 3 is 2.61 bits per heavy atom. The summed E-state index contributed by atoms with van der Waals surface area (Å²) in [4.78, 5) is 24.0. The summed E-state index contributed by atoms with van der Waals surface area (Å²) < 4.78 is 23.3. The molecule has 0 bridgehead atoms. The van der Waals surface area contributed by atoms with E-state index in [4.69, 9.17) is 5.21 Å². The first-order chi connectivity index (χ1) is 13.1. The zero-order valence-corrected chi connectivity index (χ0v) is 16.4. The molecule has 1 aromatic rings. The minimum absolute atomic E-state index is 0.0344. The van der Waals surface area contributed by atoms with Gasteiger partial charge in [-0.2, -0.15) is 0 Å². The lowest BCUT2D eigenvalue weighted by atomic mass is 9.83. The maximum absolute atomic E-state index is 12.2. The van der Waals surface area contributed by atoms with Crippen LogP contribution in [0.1, 0.15) is 31.7 Å². The highest BCUT2D eigenvalue weighted by atomic mass is 32.2. The van der Waals surface area contributed by atoms with Gasteiger partial charge in [-0.15, -0.1) is 0 Å². The Bertz CT molecular complexity index is 1030. The second-order valence-corrected chi connectivity index (χ2v) is 9.43. The van der Waals surface area contributed by atoms with Gasteiger partial charge >= 0.3 is 0 Å². The summed E-state index contributed by atoms with van der Waals surface area (Å²) in [5.41, 5.74) is 1.43. The number of rotatable bonds is 5. The van der Waals surface area contributed by atoms with E-state index in [1.807, 2.05) is 0 Å². The van der Waals surface area contributed by atoms with E-state index in [-0.39, 0.29) is 25.0 Å². The van der Waals surface area contributed by atoms with Crippen LogP contribution in [-0.2, 0) is 21.2 Å². The van der Waals surface area contributed by atoms with Crippen LogP contribution in [0.3, 0.4) is 0 Å². The molecule has 1 saturated carbocycles. The van der Waals surface area contributed by atoms with Crippen LogP contribution in [0.25, 0.3) is 0 Å². The van der Waals surface area contributed by atoms with Crippen molar-refractivity contribution >= 4 is 15.7 Å². The average molecular weight is 406 g/mol. The summed E-state index contributed by atoms with van der Waals surface area (Å²) in [6.45, 7) is 1.16. The smallest absolute Gasteiger partial charge is 0.264 e. The Hall–Kier alpha value is -2.59. The predicted octanol–water partition coefficient (Wildman–Crippen LogP) is -0.327. The fourth-order valence-electron chi connectivity index (χ4n) is 2.64. The van der Waals surface area contributed by atoms with E-state index in [1.165, 1.54) is 29.2 Å². The summed E-state index contributed by atoms with van der Waals surface area (Å²) in [7, 11) is -3.83. The number of amides is 1. The van der Waals surface area contributed by atoms with Crippen molar-refractivity contribution in [1.29, 1.82) is 0 Å². The van der Waals surface area contributed by atoms with Crippen molar-refractivity contribution in [3.05, 3.63) is 34.2 Å². The van der Waals surface area contributed by atoms with Gasteiger partial charge in [0.2, 0.25) is 0 Å². The summed E-state index contributed by atoms with van der Waals surface area (Å²) in [6.07, 6.45) is 3.21. The second-order valence-electron chi connectivity index (χ2n) is 6.98. The lowest BCUT2D eigenvalue weighted by Gasteiger charge is -2.26. The van der Waals surface area contributed by atoms with E-state index in [0.717, 1.165) is 6.26 Å². The lowest BCUT2D eigenvalue weighted by molar-refractivity contribution is -0.131. The SMILES string of the molecule is CC(CCn1ccc(C#CC#CC2CC(O)C2)cc1=O)(C(=O)NO)S(C)(=O)=O. The third-order valence-electron chi connectivity index (χ3n) is 4.88. The Balaban J connectivity index is 2.08. The van der Waals surface area contributed by atoms with E-state index in [1.54, 1.807) is 6.07 Å².